The molecule has 2 aromatic carbocycles. The average Bonchev–Trinajstić information content (AvgIpc) is 3.15. The highest BCUT2D eigenvalue weighted by molar-refractivity contribution is 7.71. The number of benzene rings is 2. The Morgan fingerprint density at radius 3 is 2.69 bits per heavy atom. The van der Waals surface area contributed by atoms with Crippen LogP contribution in [-0.2, 0) is 12.8 Å². The van der Waals surface area contributed by atoms with Gasteiger partial charge in [0.1, 0.15) is 0 Å². The predicted octanol–water partition coefficient (Wildman–Crippen LogP) is 4.70. The monoisotopic (exact) mass is 455 g/mol. The zero-order valence-corrected chi connectivity index (χ0v) is 18.8. The summed E-state index contributed by atoms with van der Waals surface area (Å²) in [6.07, 6.45) is 3.62. The predicted molar refractivity (Wildman–Crippen MR) is 124 cm³/mol. The number of aromatic nitrogens is 3. The summed E-state index contributed by atoms with van der Waals surface area (Å²) >= 11 is 5.30. The highest BCUT2D eigenvalue weighted by Gasteiger charge is 2.22. The van der Waals surface area contributed by atoms with E-state index in [0.29, 0.717) is 41.5 Å². The molecule has 0 radical (unpaired) electrons. The van der Waals surface area contributed by atoms with Gasteiger partial charge in [-0.15, -0.1) is 0 Å². The van der Waals surface area contributed by atoms with E-state index in [1.54, 1.807) is 13.0 Å². The molecule has 0 saturated heterocycles. The lowest BCUT2D eigenvalue weighted by atomic mass is 10.1. The Morgan fingerprint density at radius 2 is 2.00 bits per heavy atom. The molecule has 1 aromatic heterocycles. The number of rotatable bonds is 11. The van der Waals surface area contributed by atoms with Gasteiger partial charge in [-0.05, 0) is 43.6 Å². The first-order chi connectivity index (χ1) is 15.5. The van der Waals surface area contributed by atoms with E-state index >= 15 is 0 Å². The van der Waals surface area contributed by atoms with Crippen molar-refractivity contribution in [2.24, 2.45) is 5.10 Å². The molecular weight excluding hydrogens is 430 g/mol. The molecule has 9 nitrogen and oxygen atoms in total. The lowest BCUT2D eigenvalue weighted by Crippen LogP contribution is -2.05. The van der Waals surface area contributed by atoms with Gasteiger partial charge in [0, 0.05) is 18.1 Å². The molecule has 0 unspecified atom stereocenters. The summed E-state index contributed by atoms with van der Waals surface area (Å²) in [5.74, 6) is 1.09. The van der Waals surface area contributed by atoms with Crippen molar-refractivity contribution in [1.82, 2.24) is 14.9 Å². The largest absolute Gasteiger partial charge is 0.490 e. The van der Waals surface area contributed by atoms with Gasteiger partial charge in [-0.2, -0.15) is 14.9 Å². The van der Waals surface area contributed by atoms with Gasteiger partial charge in [0.2, 0.25) is 10.5 Å². The number of ether oxygens (including phenoxy) is 2. The first-order valence-corrected chi connectivity index (χ1v) is 10.8. The van der Waals surface area contributed by atoms with Crippen LogP contribution in [0.25, 0.3) is 0 Å². The first kappa shape index (κ1) is 23.1. The minimum absolute atomic E-state index is 0.124. The number of aryl methyl sites for hydroxylation is 2. The summed E-state index contributed by atoms with van der Waals surface area (Å²) in [6.45, 7) is 4.43. The second-order valence-corrected chi connectivity index (χ2v) is 7.28. The van der Waals surface area contributed by atoms with Gasteiger partial charge in [0.25, 0.3) is 0 Å². The van der Waals surface area contributed by atoms with Gasteiger partial charge in [-0.25, -0.2) is 0 Å². The molecule has 0 bridgehead atoms. The van der Waals surface area contributed by atoms with Crippen LogP contribution in [-0.4, -0.2) is 39.2 Å². The number of aromatic amines is 1. The molecule has 3 rings (SSSR count). The minimum Gasteiger partial charge on any atom is -0.490 e. The van der Waals surface area contributed by atoms with Crippen molar-refractivity contribution in [3.05, 3.63) is 74.3 Å². The van der Waals surface area contributed by atoms with Crippen molar-refractivity contribution in [2.45, 2.75) is 33.1 Å². The zero-order chi connectivity index (χ0) is 22.9. The van der Waals surface area contributed by atoms with E-state index < -0.39 is 4.92 Å². The topological polar surface area (TPSA) is 108 Å². The average molecular weight is 456 g/mol. The van der Waals surface area contributed by atoms with Crippen molar-refractivity contribution in [3.8, 4) is 11.5 Å². The molecule has 10 heteroatoms. The van der Waals surface area contributed by atoms with Crippen molar-refractivity contribution in [2.75, 3.05) is 13.2 Å². The van der Waals surface area contributed by atoms with Crippen molar-refractivity contribution in [3.63, 3.8) is 0 Å². The Labute approximate surface area is 190 Å². The van der Waals surface area contributed by atoms with Crippen molar-refractivity contribution < 1.29 is 14.4 Å². The lowest BCUT2D eigenvalue weighted by molar-refractivity contribution is -0.386. The maximum atomic E-state index is 11.6. The number of H-pyrrole nitrogens is 1. The van der Waals surface area contributed by atoms with Gasteiger partial charge >= 0.3 is 5.69 Å². The molecular formula is C22H25N5O4S. The van der Waals surface area contributed by atoms with E-state index in [1.165, 1.54) is 22.5 Å². The van der Waals surface area contributed by atoms with Gasteiger partial charge in [0.15, 0.2) is 11.6 Å². The fraction of sp³-hybridized carbons (Fsp3) is 0.318. The Kier molecular flexibility index (Phi) is 8.09. The second kappa shape index (κ2) is 11.2. The number of hydrogen-bond acceptors (Lipinski definition) is 7. The van der Waals surface area contributed by atoms with Gasteiger partial charge in [0.05, 0.1) is 24.4 Å². The van der Waals surface area contributed by atoms with Gasteiger partial charge in [-0.3, -0.25) is 15.2 Å². The number of nitro groups is 1. The molecule has 0 aliphatic rings. The van der Waals surface area contributed by atoms with Gasteiger partial charge in [-0.1, -0.05) is 37.3 Å². The van der Waals surface area contributed by atoms with E-state index in [9.17, 15) is 10.1 Å². The third kappa shape index (κ3) is 5.79. The van der Waals surface area contributed by atoms with Crippen LogP contribution in [0, 0.1) is 14.9 Å². The summed E-state index contributed by atoms with van der Waals surface area (Å²) in [7, 11) is 0. The molecule has 168 valence electrons. The highest BCUT2D eigenvalue weighted by Crippen LogP contribution is 2.38. The third-order valence-corrected chi connectivity index (χ3v) is 4.79. The molecule has 0 amide bonds. The van der Waals surface area contributed by atoms with E-state index in [1.807, 2.05) is 37.3 Å². The Balaban J connectivity index is 1.89. The smallest absolute Gasteiger partial charge is 0.315 e. The number of nitrogens with one attached hydrogen (secondary N) is 1. The van der Waals surface area contributed by atoms with Crippen LogP contribution < -0.4 is 9.47 Å². The number of nitrogens with zero attached hydrogens (tertiary/aromatic N) is 4. The third-order valence-electron chi connectivity index (χ3n) is 4.52. The summed E-state index contributed by atoms with van der Waals surface area (Å²) in [5.41, 5.74) is 1.49. The standard InChI is InChI=1S/C22H25N5O4S/c1-3-12-31-21-18(27(28)29)13-17(14-19(21)30-4-2)15-23-26-20(24-25-22(26)32)11-10-16-8-6-5-7-9-16/h5-9,13-15H,3-4,10-12H2,1-2H3,(H,25,32)/b23-15-. The van der Waals surface area contributed by atoms with Crippen LogP contribution in [0.5, 0.6) is 11.5 Å². The Bertz CT molecular complexity index is 1140. The van der Waals surface area contributed by atoms with E-state index in [-0.39, 0.29) is 11.4 Å². The maximum Gasteiger partial charge on any atom is 0.315 e. The fourth-order valence-electron chi connectivity index (χ4n) is 3.06. The Hall–Kier alpha value is -3.53. The molecule has 0 saturated carbocycles. The molecule has 0 spiro atoms. The Morgan fingerprint density at radius 1 is 1.22 bits per heavy atom. The van der Waals surface area contributed by atoms with Crippen LogP contribution in [0.4, 0.5) is 5.69 Å². The van der Waals surface area contributed by atoms with Crippen molar-refractivity contribution >= 4 is 24.1 Å². The van der Waals surface area contributed by atoms with Crippen LogP contribution >= 0.6 is 12.2 Å². The summed E-state index contributed by atoms with van der Waals surface area (Å²) in [5, 5.41) is 23.1. The van der Waals surface area contributed by atoms with Crippen molar-refractivity contribution in [1.29, 1.82) is 0 Å². The van der Waals surface area contributed by atoms with Crippen LogP contribution in [0.2, 0.25) is 0 Å². The maximum absolute atomic E-state index is 11.6. The quantitative estimate of drug-likeness (QED) is 0.194. The van der Waals surface area contributed by atoms with E-state index in [0.717, 1.165) is 12.8 Å². The molecule has 0 atom stereocenters. The first-order valence-electron chi connectivity index (χ1n) is 10.4. The molecule has 0 fully saturated rings. The summed E-state index contributed by atoms with van der Waals surface area (Å²) < 4.78 is 13.1. The minimum atomic E-state index is -0.486. The SMILES string of the molecule is CCCOc1c(OCC)cc(/C=N\n2c(CCc3ccccc3)n[nH]c2=S)cc1[N+](=O)[O-]. The molecule has 3 aromatic rings. The van der Waals surface area contributed by atoms with Gasteiger partial charge < -0.3 is 9.47 Å². The number of nitro benzene ring substituents is 1. The lowest BCUT2D eigenvalue weighted by Gasteiger charge is -2.12. The number of hydrogen-bond donors (Lipinski definition) is 1. The van der Waals surface area contributed by atoms with Crippen LogP contribution in [0.3, 0.4) is 0 Å². The summed E-state index contributed by atoms with van der Waals surface area (Å²) in [4.78, 5) is 11.2. The molecule has 0 aliphatic carbocycles. The molecule has 1 N–H and O–H groups in total. The second-order valence-electron chi connectivity index (χ2n) is 6.89. The summed E-state index contributed by atoms with van der Waals surface area (Å²) in [6, 6.07) is 13.1. The molecule has 32 heavy (non-hydrogen) atoms. The normalized spacial score (nSPS) is 11.1. The van der Waals surface area contributed by atoms with Crippen LogP contribution in [0.15, 0.2) is 47.6 Å². The highest BCUT2D eigenvalue weighted by atomic mass is 32.1. The zero-order valence-electron chi connectivity index (χ0n) is 18.0. The van der Waals surface area contributed by atoms with Crippen LogP contribution in [0.1, 0.15) is 37.2 Å². The fourth-order valence-corrected chi connectivity index (χ4v) is 3.26. The molecule has 1 heterocycles. The van der Waals surface area contributed by atoms with E-state index in [4.69, 9.17) is 21.7 Å². The molecule has 0 aliphatic heterocycles. The van der Waals surface area contributed by atoms with E-state index in [2.05, 4.69) is 15.3 Å².